The minimum atomic E-state index is -1.12. The Hall–Kier alpha value is -3.50. The lowest BCUT2D eigenvalue weighted by Crippen LogP contribution is -2.19. The Bertz CT molecular complexity index is 1440. The predicted octanol–water partition coefficient (Wildman–Crippen LogP) is 3.54. The quantitative estimate of drug-likeness (QED) is 0.326. The zero-order valence-corrected chi connectivity index (χ0v) is 18.9. The molecule has 11 heteroatoms. The highest BCUT2D eigenvalue weighted by Crippen LogP contribution is 2.33. The van der Waals surface area contributed by atoms with E-state index >= 15 is 0 Å². The first kappa shape index (κ1) is 21.7. The number of nitrogens with zero attached hydrogens (tertiary/aromatic N) is 4. The van der Waals surface area contributed by atoms with Gasteiger partial charge in [0.2, 0.25) is 5.16 Å². The average Bonchev–Trinajstić information content (AvgIpc) is 3.32. The first-order chi connectivity index (χ1) is 15.3. The van der Waals surface area contributed by atoms with Gasteiger partial charge in [0.05, 0.1) is 23.7 Å². The second kappa shape index (κ2) is 8.56. The van der Waals surface area contributed by atoms with Crippen LogP contribution >= 0.6 is 23.4 Å². The molecule has 0 bridgehead atoms. The molecule has 0 radical (unpaired) electrons. The number of aromatic nitrogens is 5. The molecule has 2 N–H and O–H groups in total. The van der Waals surface area contributed by atoms with Crippen LogP contribution in [0.2, 0.25) is 5.02 Å². The van der Waals surface area contributed by atoms with E-state index in [2.05, 4.69) is 15.2 Å². The van der Waals surface area contributed by atoms with Gasteiger partial charge in [-0.25, -0.2) is 14.6 Å². The minimum absolute atomic E-state index is 0.0221. The molecule has 0 aliphatic heterocycles. The number of aliphatic carboxylic acids is 1. The van der Waals surface area contributed by atoms with Crippen LogP contribution in [-0.2, 0) is 18.9 Å². The molecule has 0 saturated carbocycles. The van der Waals surface area contributed by atoms with E-state index in [4.69, 9.17) is 16.3 Å². The van der Waals surface area contributed by atoms with Gasteiger partial charge in [-0.2, -0.15) is 0 Å². The van der Waals surface area contributed by atoms with Crippen LogP contribution in [0, 0.1) is 0 Å². The van der Waals surface area contributed by atoms with E-state index < -0.39 is 5.97 Å². The third-order valence-electron chi connectivity index (χ3n) is 4.89. The summed E-state index contributed by atoms with van der Waals surface area (Å²) in [5.41, 5.74) is 2.55. The van der Waals surface area contributed by atoms with Crippen LogP contribution < -0.4 is 10.4 Å². The van der Waals surface area contributed by atoms with Gasteiger partial charge in [-0.3, -0.25) is 14.2 Å². The number of carboxylic acid groups (broad SMARTS) is 1. The van der Waals surface area contributed by atoms with E-state index in [0.29, 0.717) is 33.2 Å². The number of aromatic amines is 1. The minimum Gasteiger partial charge on any atom is -0.496 e. The van der Waals surface area contributed by atoms with Crippen molar-refractivity contribution in [2.75, 3.05) is 7.11 Å². The van der Waals surface area contributed by atoms with Gasteiger partial charge >= 0.3 is 11.7 Å². The number of imidazole rings is 1. The Morgan fingerprint density at radius 1 is 1.19 bits per heavy atom. The number of fused-ring (bicyclic) bond motifs is 1. The Morgan fingerprint density at radius 3 is 2.66 bits per heavy atom. The summed E-state index contributed by atoms with van der Waals surface area (Å²) in [4.78, 5) is 28.4. The number of hydrogen-bond acceptors (Lipinski definition) is 6. The van der Waals surface area contributed by atoms with Crippen LogP contribution in [-0.4, -0.2) is 42.5 Å². The monoisotopic (exact) mass is 471 g/mol. The highest BCUT2D eigenvalue weighted by molar-refractivity contribution is 8.04. The molecule has 0 unspecified atom stereocenters. The zero-order valence-electron chi connectivity index (χ0n) is 17.3. The van der Waals surface area contributed by atoms with Crippen molar-refractivity contribution in [1.82, 2.24) is 24.3 Å². The molecule has 0 saturated heterocycles. The van der Waals surface area contributed by atoms with Gasteiger partial charge in [-0.05, 0) is 53.7 Å². The number of nitrogens with one attached hydrogen (secondary N) is 1. The van der Waals surface area contributed by atoms with Crippen molar-refractivity contribution in [2.45, 2.75) is 5.16 Å². The number of aryl methyl sites for hydroxylation is 2. The molecule has 164 valence electrons. The van der Waals surface area contributed by atoms with E-state index in [1.165, 1.54) is 22.3 Å². The average molecular weight is 472 g/mol. The second-order valence-corrected chi connectivity index (χ2v) is 8.32. The maximum atomic E-state index is 12.1. The topological polar surface area (TPSA) is 115 Å². The molecule has 0 atom stereocenters. The molecular formula is C21H18ClN5O4S. The molecule has 32 heavy (non-hydrogen) atoms. The standard InChI is InChI=1S/C21H18ClN5O4S/c1-26-14-6-4-11(8-15(14)27(2)21(26)30)9-17(19(28)29)32-20-23-18(24-25-20)13-10-12(22)5-7-16(13)31-3/h4-10H,1-3H3,(H,28,29)(H,23,24,25)/b17-9-. The van der Waals surface area contributed by atoms with Crippen molar-refractivity contribution in [2.24, 2.45) is 14.1 Å². The number of rotatable bonds is 6. The summed E-state index contributed by atoms with van der Waals surface area (Å²) >= 11 is 6.98. The lowest BCUT2D eigenvalue weighted by Gasteiger charge is -2.05. The van der Waals surface area contributed by atoms with Crippen molar-refractivity contribution in [3.63, 3.8) is 0 Å². The summed E-state index contributed by atoms with van der Waals surface area (Å²) in [6.07, 6.45) is 1.51. The van der Waals surface area contributed by atoms with Crippen LogP contribution in [0.1, 0.15) is 5.56 Å². The summed E-state index contributed by atoms with van der Waals surface area (Å²) in [5, 5.41) is 17.3. The van der Waals surface area contributed by atoms with Gasteiger partial charge in [-0.1, -0.05) is 17.7 Å². The fraction of sp³-hybridized carbons (Fsp3) is 0.143. The molecule has 0 aliphatic rings. The molecule has 0 spiro atoms. The molecule has 4 rings (SSSR count). The number of methoxy groups -OCH3 is 1. The Morgan fingerprint density at radius 2 is 1.94 bits per heavy atom. The molecule has 0 fully saturated rings. The first-order valence-electron chi connectivity index (χ1n) is 9.33. The van der Waals surface area contributed by atoms with Gasteiger partial charge in [0.15, 0.2) is 5.82 Å². The lowest BCUT2D eigenvalue weighted by molar-refractivity contribution is -0.131. The Labute approximate surface area is 191 Å². The number of carboxylic acids is 1. The Kier molecular flexibility index (Phi) is 5.81. The van der Waals surface area contributed by atoms with Crippen molar-refractivity contribution in [3.05, 3.63) is 62.4 Å². The van der Waals surface area contributed by atoms with Gasteiger partial charge in [0.25, 0.3) is 0 Å². The number of ether oxygens (including phenoxy) is 1. The molecule has 2 aromatic heterocycles. The number of benzene rings is 2. The summed E-state index contributed by atoms with van der Waals surface area (Å²) in [6.45, 7) is 0. The van der Waals surface area contributed by atoms with Crippen LogP contribution in [0.3, 0.4) is 0 Å². The predicted molar refractivity (Wildman–Crippen MR) is 123 cm³/mol. The molecule has 0 aliphatic carbocycles. The Balaban J connectivity index is 1.67. The van der Waals surface area contributed by atoms with Gasteiger partial charge in [0.1, 0.15) is 10.7 Å². The molecular weight excluding hydrogens is 454 g/mol. The number of hydrogen-bond donors (Lipinski definition) is 2. The summed E-state index contributed by atoms with van der Waals surface area (Å²) in [5.74, 6) is -0.168. The van der Waals surface area contributed by atoms with Gasteiger partial charge in [-0.15, -0.1) is 5.10 Å². The van der Waals surface area contributed by atoms with E-state index in [9.17, 15) is 14.7 Å². The van der Waals surface area contributed by atoms with E-state index in [1.807, 2.05) is 0 Å². The molecule has 4 aromatic rings. The highest BCUT2D eigenvalue weighted by Gasteiger charge is 2.17. The van der Waals surface area contributed by atoms with Crippen molar-refractivity contribution in [1.29, 1.82) is 0 Å². The van der Waals surface area contributed by atoms with Crippen molar-refractivity contribution in [3.8, 4) is 17.1 Å². The van der Waals surface area contributed by atoms with E-state index in [-0.39, 0.29) is 15.8 Å². The summed E-state index contributed by atoms with van der Waals surface area (Å²) < 4.78 is 8.38. The SMILES string of the molecule is COc1ccc(Cl)cc1-c1nc(S/C(=C\c2ccc3c(c2)n(C)c(=O)n3C)C(=O)O)n[nH]1. The van der Waals surface area contributed by atoms with Crippen molar-refractivity contribution >= 4 is 46.4 Å². The molecule has 0 amide bonds. The number of thioether (sulfide) groups is 1. The third kappa shape index (κ3) is 4.02. The molecule has 2 heterocycles. The number of carbonyl (C=O) groups is 1. The van der Waals surface area contributed by atoms with Gasteiger partial charge in [0, 0.05) is 19.1 Å². The van der Waals surface area contributed by atoms with E-state index in [0.717, 1.165) is 17.3 Å². The van der Waals surface area contributed by atoms with E-state index in [1.54, 1.807) is 50.5 Å². The van der Waals surface area contributed by atoms with Crippen LogP contribution in [0.5, 0.6) is 5.75 Å². The fourth-order valence-corrected chi connectivity index (χ4v) is 4.16. The van der Waals surface area contributed by atoms with Crippen LogP contribution in [0.25, 0.3) is 28.5 Å². The first-order valence-corrected chi connectivity index (χ1v) is 10.5. The largest absolute Gasteiger partial charge is 0.496 e. The number of halogens is 1. The van der Waals surface area contributed by atoms with Gasteiger partial charge < -0.3 is 9.84 Å². The number of H-pyrrole nitrogens is 1. The maximum Gasteiger partial charge on any atom is 0.342 e. The molecule has 2 aromatic carbocycles. The van der Waals surface area contributed by atoms with Crippen LogP contribution in [0.4, 0.5) is 0 Å². The fourth-order valence-electron chi connectivity index (χ4n) is 3.28. The normalized spacial score (nSPS) is 11.8. The summed E-state index contributed by atoms with van der Waals surface area (Å²) in [6, 6.07) is 10.4. The van der Waals surface area contributed by atoms with Crippen molar-refractivity contribution < 1.29 is 14.6 Å². The smallest absolute Gasteiger partial charge is 0.342 e. The third-order valence-corrected chi connectivity index (χ3v) is 6.00. The highest BCUT2D eigenvalue weighted by atomic mass is 35.5. The second-order valence-electron chi connectivity index (χ2n) is 6.88. The zero-order chi connectivity index (χ0) is 23.0. The van der Waals surface area contributed by atoms with Crippen LogP contribution in [0.15, 0.2) is 51.3 Å². The lowest BCUT2D eigenvalue weighted by atomic mass is 10.2. The molecule has 9 nitrogen and oxygen atoms in total. The summed E-state index contributed by atoms with van der Waals surface area (Å²) in [7, 11) is 4.89. The maximum absolute atomic E-state index is 12.1.